The van der Waals surface area contributed by atoms with E-state index in [0.717, 1.165) is 6.42 Å². The summed E-state index contributed by atoms with van der Waals surface area (Å²) in [7, 11) is 0. The Hall–Kier alpha value is -1.03. The van der Waals surface area contributed by atoms with Crippen LogP contribution in [0.1, 0.15) is 20.3 Å². The number of hydrogen-bond donors (Lipinski definition) is 2. The van der Waals surface area contributed by atoms with Gasteiger partial charge in [-0.1, -0.05) is 6.92 Å². The van der Waals surface area contributed by atoms with Gasteiger partial charge in [-0.15, -0.1) is 0 Å². The Balaban J connectivity index is 2.81. The molecule has 1 heterocycles. The molecule has 1 aromatic rings. The molecule has 0 radical (unpaired) electrons. The van der Waals surface area contributed by atoms with Crippen molar-refractivity contribution in [2.75, 3.05) is 11.1 Å². The fraction of sp³-hybridized carbons (Fsp3) is 0.500. The molecular weight excluding hydrogens is 188 g/mol. The van der Waals surface area contributed by atoms with Gasteiger partial charge in [-0.25, -0.2) is 4.98 Å². The lowest BCUT2D eigenvalue weighted by Gasteiger charge is -2.13. The Morgan fingerprint density at radius 1 is 1.69 bits per heavy atom. The number of halogens is 1. The Bertz CT molecular complexity index is 289. The van der Waals surface area contributed by atoms with Crippen LogP contribution in [0.4, 0.5) is 11.5 Å². The van der Waals surface area contributed by atoms with Gasteiger partial charge in [0.05, 0.1) is 11.9 Å². The quantitative estimate of drug-likeness (QED) is 0.732. The molecule has 0 aliphatic heterocycles. The van der Waals surface area contributed by atoms with Crippen LogP contribution in [0, 0.1) is 0 Å². The van der Waals surface area contributed by atoms with Gasteiger partial charge in [-0.05, 0) is 24.9 Å². The van der Waals surface area contributed by atoms with Crippen LogP contribution in [0.25, 0.3) is 0 Å². The van der Waals surface area contributed by atoms with Gasteiger partial charge in [0.25, 0.3) is 0 Å². The smallest absolute Gasteiger partial charge is 0.224 e. The summed E-state index contributed by atoms with van der Waals surface area (Å²) in [6.45, 7) is 4.13. The topological polar surface area (TPSA) is 63.8 Å². The SMILES string of the molecule is CC[C@H](C)Nc1nc(Cl)ncc1N. The molecule has 0 fully saturated rings. The van der Waals surface area contributed by atoms with Crippen LogP contribution < -0.4 is 11.1 Å². The second-order valence-corrected chi connectivity index (χ2v) is 3.23. The Morgan fingerprint density at radius 2 is 2.38 bits per heavy atom. The van der Waals surface area contributed by atoms with E-state index in [0.29, 0.717) is 17.5 Å². The number of rotatable bonds is 3. The predicted octanol–water partition coefficient (Wildman–Crippen LogP) is 1.92. The van der Waals surface area contributed by atoms with E-state index < -0.39 is 0 Å². The summed E-state index contributed by atoms with van der Waals surface area (Å²) in [6, 6.07) is 0.327. The van der Waals surface area contributed by atoms with Crippen molar-refractivity contribution in [2.24, 2.45) is 0 Å². The minimum atomic E-state index is 0.208. The third-order valence-corrected chi connectivity index (χ3v) is 1.97. The van der Waals surface area contributed by atoms with Crippen molar-refractivity contribution in [3.8, 4) is 0 Å². The first-order valence-corrected chi connectivity index (χ1v) is 4.55. The second kappa shape index (κ2) is 4.28. The summed E-state index contributed by atoms with van der Waals surface area (Å²) < 4.78 is 0. The number of nitrogens with one attached hydrogen (secondary N) is 1. The molecule has 72 valence electrons. The highest BCUT2D eigenvalue weighted by molar-refractivity contribution is 6.28. The molecule has 0 amide bonds. The standard InChI is InChI=1S/C8H13ClN4/c1-3-5(2)12-7-6(10)4-11-8(9)13-7/h4-5H,3,10H2,1-2H3,(H,11,12,13)/t5-/m0/s1. The lowest BCUT2D eigenvalue weighted by molar-refractivity contribution is 0.759. The molecular formula is C8H13ClN4. The molecule has 0 aliphatic rings. The number of anilines is 2. The largest absolute Gasteiger partial charge is 0.394 e. The lowest BCUT2D eigenvalue weighted by Crippen LogP contribution is -2.16. The van der Waals surface area contributed by atoms with Crippen LogP contribution in [0.2, 0.25) is 5.28 Å². The van der Waals surface area contributed by atoms with E-state index in [2.05, 4.69) is 29.1 Å². The van der Waals surface area contributed by atoms with Gasteiger partial charge in [-0.2, -0.15) is 4.98 Å². The van der Waals surface area contributed by atoms with E-state index in [1.165, 1.54) is 6.20 Å². The summed E-state index contributed by atoms with van der Waals surface area (Å²) in [4.78, 5) is 7.74. The molecule has 0 unspecified atom stereocenters. The lowest BCUT2D eigenvalue weighted by atomic mass is 10.2. The summed E-state index contributed by atoms with van der Waals surface area (Å²) in [6.07, 6.45) is 2.50. The van der Waals surface area contributed by atoms with Crippen LogP contribution in [0.5, 0.6) is 0 Å². The van der Waals surface area contributed by atoms with Gasteiger partial charge in [0, 0.05) is 6.04 Å². The maximum absolute atomic E-state index is 5.65. The van der Waals surface area contributed by atoms with E-state index in [1.807, 2.05) is 0 Å². The minimum absolute atomic E-state index is 0.208. The first-order valence-electron chi connectivity index (χ1n) is 4.18. The average Bonchev–Trinajstić information content (AvgIpc) is 2.11. The zero-order valence-corrected chi connectivity index (χ0v) is 8.47. The van der Waals surface area contributed by atoms with Crippen molar-refractivity contribution in [2.45, 2.75) is 26.3 Å². The van der Waals surface area contributed by atoms with Gasteiger partial charge >= 0.3 is 0 Å². The molecule has 0 saturated heterocycles. The molecule has 3 N–H and O–H groups in total. The maximum atomic E-state index is 5.65. The second-order valence-electron chi connectivity index (χ2n) is 2.90. The van der Waals surface area contributed by atoms with Crippen LogP contribution in [-0.4, -0.2) is 16.0 Å². The number of nitrogen functional groups attached to an aromatic ring is 1. The average molecular weight is 201 g/mol. The zero-order valence-electron chi connectivity index (χ0n) is 7.71. The van der Waals surface area contributed by atoms with Crippen molar-refractivity contribution in [1.82, 2.24) is 9.97 Å². The molecule has 0 saturated carbocycles. The van der Waals surface area contributed by atoms with Crippen molar-refractivity contribution < 1.29 is 0 Å². The van der Waals surface area contributed by atoms with Gasteiger partial charge in [0.1, 0.15) is 0 Å². The van der Waals surface area contributed by atoms with Crippen LogP contribution >= 0.6 is 11.6 Å². The predicted molar refractivity (Wildman–Crippen MR) is 54.8 cm³/mol. The third kappa shape index (κ3) is 2.73. The number of nitrogens with zero attached hydrogens (tertiary/aromatic N) is 2. The number of nitrogens with two attached hydrogens (primary N) is 1. The molecule has 0 aromatic carbocycles. The van der Waals surface area contributed by atoms with Gasteiger partial charge in [0.2, 0.25) is 5.28 Å². The van der Waals surface area contributed by atoms with E-state index in [1.54, 1.807) is 0 Å². The molecule has 0 aliphatic carbocycles. The van der Waals surface area contributed by atoms with Crippen molar-refractivity contribution in [3.05, 3.63) is 11.5 Å². The fourth-order valence-electron chi connectivity index (χ4n) is 0.821. The maximum Gasteiger partial charge on any atom is 0.224 e. The molecule has 4 nitrogen and oxygen atoms in total. The van der Waals surface area contributed by atoms with Crippen LogP contribution in [0.15, 0.2) is 6.20 Å². The molecule has 0 bridgehead atoms. The number of hydrogen-bond acceptors (Lipinski definition) is 4. The van der Waals surface area contributed by atoms with Crippen LogP contribution in [0.3, 0.4) is 0 Å². The minimum Gasteiger partial charge on any atom is -0.394 e. The first kappa shape index (κ1) is 10.1. The van der Waals surface area contributed by atoms with Crippen LogP contribution in [-0.2, 0) is 0 Å². The van der Waals surface area contributed by atoms with E-state index >= 15 is 0 Å². The third-order valence-electron chi connectivity index (χ3n) is 1.78. The Kier molecular flexibility index (Phi) is 3.31. The Morgan fingerprint density at radius 3 is 3.00 bits per heavy atom. The van der Waals surface area contributed by atoms with Crippen molar-refractivity contribution in [1.29, 1.82) is 0 Å². The highest BCUT2D eigenvalue weighted by Crippen LogP contribution is 2.17. The van der Waals surface area contributed by atoms with E-state index in [9.17, 15) is 0 Å². The van der Waals surface area contributed by atoms with Crippen molar-refractivity contribution >= 4 is 23.1 Å². The molecule has 0 spiro atoms. The molecule has 1 rings (SSSR count). The van der Waals surface area contributed by atoms with E-state index in [4.69, 9.17) is 17.3 Å². The van der Waals surface area contributed by atoms with Crippen molar-refractivity contribution in [3.63, 3.8) is 0 Å². The summed E-state index contributed by atoms with van der Waals surface area (Å²) >= 11 is 5.63. The normalized spacial score (nSPS) is 12.5. The summed E-state index contributed by atoms with van der Waals surface area (Å²) in [5.41, 5.74) is 6.16. The van der Waals surface area contributed by atoms with Gasteiger partial charge in [-0.3, -0.25) is 0 Å². The van der Waals surface area contributed by atoms with Gasteiger partial charge < -0.3 is 11.1 Å². The molecule has 5 heteroatoms. The van der Waals surface area contributed by atoms with E-state index in [-0.39, 0.29) is 5.28 Å². The summed E-state index contributed by atoms with van der Waals surface area (Å²) in [5.74, 6) is 0.606. The Labute approximate surface area is 82.5 Å². The molecule has 1 aromatic heterocycles. The monoisotopic (exact) mass is 200 g/mol. The highest BCUT2D eigenvalue weighted by atomic mass is 35.5. The molecule has 1 atom stereocenters. The fourth-order valence-corrected chi connectivity index (χ4v) is 0.954. The summed E-state index contributed by atoms with van der Waals surface area (Å²) in [5, 5.41) is 3.35. The zero-order chi connectivity index (χ0) is 9.84. The first-order chi connectivity index (χ1) is 6.13. The number of aromatic nitrogens is 2. The van der Waals surface area contributed by atoms with Gasteiger partial charge in [0.15, 0.2) is 5.82 Å². The molecule has 13 heavy (non-hydrogen) atoms. The highest BCUT2D eigenvalue weighted by Gasteiger charge is 2.05.